The Hall–Kier alpha value is -0.900. The van der Waals surface area contributed by atoms with Crippen molar-refractivity contribution in [1.82, 2.24) is 10.2 Å². The van der Waals surface area contributed by atoms with E-state index in [0.717, 1.165) is 32.7 Å². The summed E-state index contributed by atoms with van der Waals surface area (Å²) in [5, 5.41) is 3.42. The van der Waals surface area contributed by atoms with Gasteiger partial charge in [-0.25, -0.2) is 0 Å². The Balaban J connectivity index is 2.17. The van der Waals surface area contributed by atoms with Crippen LogP contribution in [-0.2, 0) is 6.54 Å². The average Bonchev–Trinajstić information content (AvgIpc) is 2.34. The second kappa shape index (κ2) is 5.83. The van der Waals surface area contributed by atoms with Gasteiger partial charge in [0.2, 0.25) is 0 Å². The summed E-state index contributed by atoms with van der Waals surface area (Å²) in [6.07, 6.45) is 0. The predicted molar refractivity (Wildman–Crippen MR) is 76.8 cm³/mol. The quantitative estimate of drug-likeness (QED) is 0.847. The molecule has 1 aromatic rings. The fraction of sp³-hybridized carbons (Fsp3) is 0.600. The molecule has 0 spiro atoms. The fourth-order valence-corrected chi connectivity index (χ4v) is 2.91. The van der Waals surface area contributed by atoms with E-state index in [4.69, 9.17) is 5.73 Å². The van der Waals surface area contributed by atoms with Crippen molar-refractivity contribution in [2.24, 2.45) is 5.73 Å². The number of nitrogens with two attached hydrogens (primary N) is 1. The summed E-state index contributed by atoms with van der Waals surface area (Å²) in [6, 6.07) is 5.03. The lowest BCUT2D eigenvalue weighted by Gasteiger charge is -2.36. The largest absolute Gasteiger partial charge is 0.329 e. The van der Waals surface area contributed by atoms with Crippen LogP contribution in [0.3, 0.4) is 0 Å². The number of hydrogen-bond donors (Lipinski definition) is 2. The third-order valence-electron chi connectivity index (χ3n) is 3.95. The summed E-state index contributed by atoms with van der Waals surface area (Å²) in [7, 11) is 0. The smallest absolute Gasteiger partial charge is 0.0347 e. The number of hydrogen-bond acceptors (Lipinski definition) is 3. The SMILES string of the molecule is Cc1cc(C)c(CN2CCNCC2CN)c(C)c1. The summed E-state index contributed by atoms with van der Waals surface area (Å²) in [5.74, 6) is 0. The van der Waals surface area contributed by atoms with Crippen LogP contribution in [0.1, 0.15) is 22.3 Å². The molecule has 0 aliphatic carbocycles. The Labute approximate surface area is 110 Å². The minimum absolute atomic E-state index is 0.471. The Morgan fingerprint density at radius 1 is 1.28 bits per heavy atom. The minimum Gasteiger partial charge on any atom is -0.329 e. The standard InChI is InChI=1S/C15H25N3/c1-11-6-12(2)15(13(3)7-11)10-18-5-4-17-9-14(18)8-16/h6-7,14,17H,4-5,8-10,16H2,1-3H3. The monoisotopic (exact) mass is 247 g/mol. The molecule has 0 radical (unpaired) electrons. The topological polar surface area (TPSA) is 41.3 Å². The lowest BCUT2D eigenvalue weighted by molar-refractivity contribution is 0.157. The van der Waals surface area contributed by atoms with E-state index in [1.807, 2.05) is 0 Å². The Morgan fingerprint density at radius 3 is 2.56 bits per heavy atom. The number of nitrogens with one attached hydrogen (secondary N) is 1. The average molecular weight is 247 g/mol. The molecule has 1 unspecified atom stereocenters. The normalized spacial score (nSPS) is 21.2. The highest BCUT2D eigenvalue weighted by molar-refractivity contribution is 5.37. The summed E-state index contributed by atoms with van der Waals surface area (Å²) in [6.45, 7) is 11.5. The zero-order chi connectivity index (χ0) is 13.1. The first kappa shape index (κ1) is 13.5. The van der Waals surface area contributed by atoms with Gasteiger partial charge >= 0.3 is 0 Å². The van der Waals surface area contributed by atoms with Crippen LogP contribution >= 0.6 is 0 Å². The molecule has 18 heavy (non-hydrogen) atoms. The molecule has 0 aromatic heterocycles. The molecule has 100 valence electrons. The molecule has 1 aliphatic heterocycles. The molecule has 1 heterocycles. The van der Waals surface area contributed by atoms with Crippen LogP contribution in [0.15, 0.2) is 12.1 Å². The maximum absolute atomic E-state index is 5.87. The Morgan fingerprint density at radius 2 is 1.94 bits per heavy atom. The van der Waals surface area contributed by atoms with E-state index >= 15 is 0 Å². The number of piperazine rings is 1. The Kier molecular flexibility index (Phi) is 4.38. The van der Waals surface area contributed by atoms with E-state index in [1.165, 1.54) is 22.3 Å². The molecule has 0 bridgehead atoms. The van der Waals surface area contributed by atoms with Gasteiger partial charge in [-0.1, -0.05) is 17.7 Å². The molecule has 3 N–H and O–H groups in total. The van der Waals surface area contributed by atoms with Crippen molar-refractivity contribution >= 4 is 0 Å². The van der Waals surface area contributed by atoms with Crippen LogP contribution < -0.4 is 11.1 Å². The van der Waals surface area contributed by atoms with Crippen molar-refractivity contribution < 1.29 is 0 Å². The highest BCUT2D eigenvalue weighted by Gasteiger charge is 2.21. The van der Waals surface area contributed by atoms with Crippen LogP contribution in [-0.4, -0.2) is 37.1 Å². The maximum Gasteiger partial charge on any atom is 0.0347 e. The molecule has 3 nitrogen and oxygen atoms in total. The van der Waals surface area contributed by atoms with Gasteiger partial charge < -0.3 is 11.1 Å². The van der Waals surface area contributed by atoms with Crippen LogP contribution in [0.5, 0.6) is 0 Å². The van der Waals surface area contributed by atoms with Gasteiger partial charge in [0.05, 0.1) is 0 Å². The molecule has 1 aromatic carbocycles. The van der Waals surface area contributed by atoms with E-state index in [1.54, 1.807) is 0 Å². The second-order valence-electron chi connectivity index (χ2n) is 5.44. The summed E-state index contributed by atoms with van der Waals surface area (Å²) in [5.41, 5.74) is 11.5. The molecule has 0 saturated carbocycles. The minimum atomic E-state index is 0.471. The molecule has 2 rings (SSSR count). The van der Waals surface area contributed by atoms with E-state index in [-0.39, 0.29) is 0 Å². The maximum atomic E-state index is 5.87. The molecular weight excluding hydrogens is 222 g/mol. The van der Waals surface area contributed by atoms with Gasteiger partial charge in [-0.2, -0.15) is 0 Å². The van der Waals surface area contributed by atoms with Crippen molar-refractivity contribution in [3.63, 3.8) is 0 Å². The van der Waals surface area contributed by atoms with Crippen molar-refractivity contribution in [2.75, 3.05) is 26.2 Å². The van der Waals surface area contributed by atoms with E-state index in [9.17, 15) is 0 Å². The number of benzene rings is 1. The van der Waals surface area contributed by atoms with Gasteiger partial charge in [-0.05, 0) is 37.5 Å². The number of rotatable bonds is 3. The lowest BCUT2D eigenvalue weighted by Crippen LogP contribution is -2.53. The van der Waals surface area contributed by atoms with Gasteiger partial charge in [0.25, 0.3) is 0 Å². The van der Waals surface area contributed by atoms with Crippen LogP contribution in [0.25, 0.3) is 0 Å². The molecule has 3 heteroatoms. The van der Waals surface area contributed by atoms with Crippen molar-refractivity contribution in [3.8, 4) is 0 Å². The predicted octanol–water partition coefficient (Wildman–Crippen LogP) is 1.34. The third kappa shape index (κ3) is 2.91. The van der Waals surface area contributed by atoms with Crippen molar-refractivity contribution in [3.05, 3.63) is 34.4 Å². The summed E-state index contributed by atoms with van der Waals surface area (Å²) < 4.78 is 0. The molecule has 1 atom stereocenters. The van der Waals surface area contributed by atoms with Gasteiger partial charge in [-0.15, -0.1) is 0 Å². The molecule has 1 aliphatic rings. The zero-order valence-corrected chi connectivity index (χ0v) is 11.8. The Bertz CT molecular complexity index is 391. The van der Waals surface area contributed by atoms with Gasteiger partial charge in [0.15, 0.2) is 0 Å². The summed E-state index contributed by atoms with van der Waals surface area (Å²) >= 11 is 0. The first-order valence-electron chi connectivity index (χ1n) is 6.83. The van der Waals surface area contributed by atoms with E-state index < -0.39 is 0 Å². The van der Waals surface area contributed by atoms with Gasteiger partial charge in [-0.3, -0.25) is 4.90 Å². The zero-order valence-electron chi connectivity index (χ0n) is 11.8. The first-order chi connectivity index (χ1) is 8.61. The second-order valence-corrected chi connectivity index (χ2v) is 5.44. The molecular formula is C15H25N3. The van der Waals surface area contributed by atoms with Crippen LogP contribution in [0.4, 0.5) is 0 Å². The van der Waals surface area contributed by atoms with E-state index in [0.29, 0.717) is 6.04 Å². The van der Waals surface area contributed by atoms with Crippen LogP contribution in [0, 0.1) is 20.8 Å². The number of aryl methyl sites for hydroxylation is 3. The third-order valence-corrected chi connectivity index (χ3v) is 3.95. The van der Waals surface area contributed by atoms with Crippen LogP contribution in [0.2, 0.25) is 0 Å². The van der Waals surface area contributed by atoms with Crippen molar-refractivity contribution in [2.45, 2.75) is 33.4 Å². The lowest BCUT2D eigenvalue weighted by atomic mass is 9.98. The molecule has 0 amide bonds. The van der Waals surface area contributed by atoms with Gasteiger partial charge in [0.1, 0.15) is 0 Å². The number of nitrogens with zero attached hydrogens (tertiary/aromatic N) is 1. The highest BCUT2D eigenvalue weighted by Crippen LogP contribution is 2.19. The first-order valence-corrected chi connectivity index (χ1v) is 6.83. The fourth-order valence-electron chi connectivity index (χ4n) is 2.91. The molecule has 1 saturated heterocycles. The molecule has 1 fully saturated rings. The van der Waals surface area contributed by atoms with E-state index in [2.05, 4.69) is 43.1 Å². The van der Waals surface area contributed by atoms with Gasteiger partial charge in [0, 0.05) is 38.8 Å². The van der Waals surface area contributed by atoms with Crippen molar-refractivity contribution in [1.29, 1.82) is 0 Å². The summed E-state index contributed by atoms with van der Waals surface area (Å²) in [4.78, 5) is 2.52. The highest BCUT2D eigenvalue weighted by atomic mass is 15.2.